The van der Waals surface area contributed by atoms with Crippen LogP contribution < -0.4 is 10.2 Å². The van der Waals surface area contributed by atoms with Gasteiger partial charge in [0, 0.05) is 47.5 Å². The highest BCUT2D eigenvalue weighted by Crippen LogP contribution is 2.31. The van der Waals surface area contributed by atoms with Gasteiger partial charge in [-0.1, -0.05) is 19.3 Å². The molecular formula is C18H28BN5O2S. The van der Waals surface area contributed by atoms with E-state index in [0.29, 0.717) is 12.5 Å². The zero-order valence-electron chi connectivity index (χ0n) is 16.2. The van der Waals surface area contributed by atoms with E-state index in [-0.39, 0.29) is 0 Å². The Morgan fingerprint density at radius 1 is 1.41 bits per heavy atom. The molecule has 0 amide bonds. The molecule has 1 fully saturated rings. The fourth-order valence-corrected chi connectivity index (χ4v) is 3.81. The van der Waals surface area contributed by atoms with E-state index in [1.54, 1.807) is 24.4 Å². The van der Waals surface area contributed by atoms with Crippen molar-refractivity contribution in [2.24, 2.45) is 11.0 Å². The number of H-pyrrole nitrogens is 1. The van der Waals surface area contributed by atoms with Crippen molar-refractivity contribution in [3.8, 4) is 0 Å². The predicted octanol–water partition coefficient (Wildman–Crippen LogP) is 1.37. The zero-order chi connectivity index (χ0) is 19.4. The lowest BCUT2D eigenvalue weighted by Crippen LogP contribution is -2.52. The molecule has 7 nitrogen and oxygen atoms in total. The first-order valence-electron chi connectivity index (χ1n) is 9.57. The number of nitrogens with one attached hydrogen (secondary N) is 2. The Labute approximate surface area is 163 Å². The SMILES string of the molecule is CCN1N=C(C2CCCCC2)c2c(cnc3[nH]ccc23)B1O.CNS(C)=O. The third kappa shape index (κ3) is 4.25. The van der Waals surface area contributed by atoms with Gasteiger partial charge in [-0.15, -0.1) is 0 Å². The second kappa shape index (κ2) is 8.99. The van der Waals surface area contributed by atoms with E-state index in [4.69, 9.17) is 5.10 Å². The molecule has 2 aliphatic rings. The standard InChI is InChI=1S/C16H21BN4O.C2H7NOS/c1-2-21-17(22)13-10-19-16-12(8-9-18-16)14(13)15(20-21)11-6-4-3-5-7-11;1-3-5(2)4/h8-11,22H,2-7H2,1H3,(H,18,19);3H,1-2H3. The summed E-state index contributed by atoms with van der Waals surface area (Å²) in [5.41, 5.74) is 4.02. The second-order valence-electron chi connectivity index (χ2n) is 6.94. The van der Waals surface area contributed by atoms with Gasteiger partial charge in [-0.2, -0.15) is 5.10 Å². The van der Waals surface area contributed by atoms with Crippen LogP contribution in [0, 0.1) is 5.92 Å². The molecular weight excluding hydrogens is 361 g/mol. The lowest BCUT2D eigenvalue weighted by atomic mass is 9.67. The first kappa shape index (κ1) is 20.0. The third-order valence-corrected chi connectivity index (χ3v) is 5.85. The van der Waals surface area contributed by atoms with Crippen molar-refractivity contribution in [1.82, 2.24) is 19.6 Å². The third-order valence-electron chi connectivity index (χ3n) is 5.27. The summed E-state index contributed by atoms with van der Waals surface area (Å²) in [6.07, 6.45) is 11.6. The van der Waals surface area contributed by atoms with E-state index in [9.17, 15) is 9.23 Å². The normalized spacial score (nSPS) is 18.6. The Kier molecular flexibility index (Phi) is 6.67. The largest absolute Gasteiger partial charge is 0.468 e. The van der Waals surface area contributed by atoms with Crippen molar-refractivity contribution in [1.29, 1.82) is 0 Å². The average Bonchev–Trinajstić information content (AvgIpc) is 3.18. The van der Waals surface area contributed by atoms with Gasteiger partial charge in [-0.05, 0) is 32.9 Å². The number of aromatic nitrogens is 2. The number of hydrazone groups is 1. The minimum Gasteiger partial charge on any atom is -0.428 e. The number of hydrogen-bond acceptors (Lipinski definition) is 5. The molecule has 2 aromatic rings. The Morgan fingerprint density at radius 3 is 2.74 bits per heavy atom. The van der Waals surface area contributed by atoms with Crippen LogP contribution in [0.1, 0.15) is 44.6 Å². The molecule has 0 saturated heterocycles. The maximum atomic E-state index is 10.6. The maximum Gasteiger partial charge on any atom is 0.468 e. The number of nitrogens with zero attached hydrogens (tertiary/aromatic N) is 3. The molecule has 0 bridgehead atoms. The highest BCUT2D eigenvalue weighted by molar-refractivity contribution is 7.82. The fraction of sp³-hybridized carbons (Fsp3) is 0.556. The summed E-state index contributed by atoms with van der Waals surface area (Å²) in [7, 11) is 0.131. The van der Waals surface area contributed by atoms with Gasteiger partial charge in [0.15, 0.2) is 0 Å². The van der Waals surface area contributed by atoms with Gasteiger partial charge >= 0.3 is 7.05 Å². The van der Waals surface area contributed by atoms with E-state index in [1.807, 2.05) is 19.2 Å². The Bertz CT molecular complexity index is 834. The van der Waals surface area contributed by atoms with Gasteiger partial charge in [0.2, 0.25) is 0 Å². The van der Waals surface area contributed by atoms with Crippen LogP contribution in [0.3, 0.4) is 0 Å². The van der Waals surface area contributed by atoms with Gasteiger partial charge in [0.1, 0.15) is 5.65 Å². The molecule has 3 heterocycles. The second-order valence-corrected chi connectivity index (χ2v) is 8.25. The van der Waals surface area contributed by atoms with E-state index < -0.39 is 18.0 Å². The van der Waals surface area contributed by atoms with Crippen molar-refractivity contribution in [2.75, 3.05) is 19.8 Å². The van der Waals surface area contributed by atoms with Crippen LogP contribution in [0.15, 0.2) is 23.6 Å². The van der Waals surface area contributed by atoms with Crippen LogP contribution in [-0.2, 0) is 11.0 Å². The van der Waals surface area contributed by atoms with Crippen LogP contribution in [0.4, 0.5) is 0 Å². The van der Waals surface area contributed by atoms with Gasteiger partial charge in [0.25, 0.3) is 0 Å². The molecule has 146 valence electrons. The number of pyridine rings is 1. The number of rotatable bonds is 3. The van der Waals surface area contributed by atoms with Gasteiger partial charge in [-0.3, -0.25) is 0 Å². The molecule has 9 heteroatoms. The fourth-order valence-electron chi connectivity index (χ4n) is 3.81. The van der Waals surface area contributed by atoms with E-state index in [2.05, 4.69) is 14.7 Å². The van der Waals surface area contributed by atoms with Crippen LogP contribution in [0.5, 0.6) is 0 Å². The van der Waals surface area contributed by atoms with E-state index in [0.717, 1.165) is 27.8 Å². The molecule has 2 aromatic heterocycles. The van der Waals surface area contributed by atoms with Crippen molar-refractivity contribution >= 4 is 40.2 Å². The van der Waals surface area contributed by atoms with E-state index >= 15 is 0 Å². The molecule has 0 radical (unpaired) electrons. The zero-order valence-corrected chi connectivity index (χ0v) is 17.1. The maximum absolute atomic E-state index is 10.6. The molecule has 1 aliphatic carbocycles. The number of fused-ring (bicyclic) bond motifs is 3. The van der Waals surface area contributed by atoms with Gasteiger partial charge in [0.05, 0.1) is 16.7 Å². The van der Waals surface area contributed by atoms with Gasteiger partial charge in [-0.25, -0.2) is 13.9 Å². The minimum atomic E-state index is -0.823. The minimum absolute atomic E-state index is 0.495. The summed E-state index contributed by atoms with van der Waals surface area (Å²) < 4.78 is 12.3. The van der Waals surface area contributed by atoms with Crippen LogP contribution in [0.25, 0.3) is 11.0 Å². The lowest BCUT2D eigenvalue weighted by molar-refractivity contribution is 0.386. The number of aromatic amines is 1. The summed E-state index contributed by atoms with van der Waals surface area (Å²) in [5, 5.41) is 16.5. The molecule has 0 aromatic carbocycles. The highest BCUT2D eigenvalue weighted by Gasteiger charge is 2.36. The molecule has 0 spiro atoms. The van der Waals surface area contributed by atoms with Gasteiger partial charge < -0.3 is 14.9 Å². The molecule has 4 rings (SSSR count). The first-order chi connectivity index (χ1) is 13.1. The topological polar surface area (TPSA) is 93.6 Å². The van der Waals surface area contributed by atoms with Crippen molar-refractivity contribution in [2.45, 2.75) is 39.0 Å². The number of hydrogen-bond donors (Lipinski definition) is 3. The summed E-state index contributed by atoms with van der Waals surface area (Å²) in [4.78, 5) is 9.41. The predicted molar refractivity (Wildman–Crippen MR) is 112 cm³/mol. The van der Waals surface area contributed by atoms with Crippen molar-refractivity contribution in [3.63, 3.8) is 0 Å². The van der Waals surface area contributed by atoms with E-state index in [1.165, 1.54) is 32.1 Å². The Morgan fingerprint density at radius 2 is 2.11 bits per heavy atom. The quantitative estimate of drug-likeness (QED) is 0.692. The summed E-state index contributed by atoms with van der Waals surface area (Å²) in [6.45, 7) is 2.72. The lowest BCUT2D eigenvalue weighted by Gasteiger charge is -2.33. The molecule has 1 aliphatic heterocycles. The average molecular weight is 389 g/mol. The summed E-state index contributed by atoms with van der Waals surface area (Å²) in [6, 6.07) is 2.05. The first-order valence-corrected chi connectivity index (χ1v) is 11.1. The summed E-state index contributed by atoms with van der Waals surface area (Å²) >= 11 is 0. The highest BCUT2D eigenvalue weighted by atomic mass is 32.2. The van der Waals surface area contributed by atoms with Crippen molar-refractivity contribution in [3.05, 3.63) is 24.0 Å². The molecule has 3 N–H and O–H groups in total. The van der Waals surface area contributed by atoms with Crippen LogP contribution in [0.2, 0.25) is 0 Å². The Hall–Kier alpha value is -1.71. The van der Waals surface area contributed by atoms with Crippen LogP contribution >= 0.6 is 0 Å². The molecule has 1 unspecified atom stereocenters. The van der Waals surface area contributed by atoms with Crippen molar-refractivity contribution < 1.29 is 9.23 Å². The molecule has 1 saturated carbocycles. The Balaban J connectivity index is 0.000000376. The smallest absolute Gasteiger partial charge is 0.428 e. The monoisotopic (exact) mass is 389 g/mol. The van der Waals surface area contributed by atoms with Crippen LogP contribution in [-0.4, -0.2) is 56.7 Å². The molecule has 1 atom stereocenters. The molecule has 27 heavy (non-hydrogen) atoms. The summed E-state index contributed by atoms with van der Waals surface area (Å²) in [5.74, 6) is 0.495.